The molecule has 0 fully saturated rings. The average molecular weight is 420 g/mol. The highest BCUT2D eigenvalue weighted by atomic mass is 16.6. The number of nitrogens with zero attached hydrogens (tertiary/aromatic N) is 1. The number of hydrogen-bond acceptors (Lipinski definition) is 5. The minimum Gasteiger partial charge on any atom is -0.493 e. The van der Waals surface area contributed by atoms with E-state index in [2.05, 4.69) is 5.32 Å². The summed E-state index contributed by atoms with van der Waals surface area (Å²) in [6.45, 7) is 4.05. The summed E-state index contributed by atoms with van der Waals surface area (Å²) in [5.41, 5.74) is 2.37. The second-order valence-corrected chi connectivity index (χ2v) is 6.94. The number of nitro groups is 1. The number of amides is 1. The molecule has 0 aliphatic carbocycles. The number of rotatable bonds is 8. The first-order valence-corrected chi connectivity index (χ1v) is 9.86. The Morgan fingerprint density at radius 3 is 2.26 bits per heavy atom. The van der Waals surface area contributed by atoms with E-state index < -0.39 is 16.9 Å². The molecule has 31 heavy (non-hydrogen) atoms. The van der Waals surface area contributed by atoms with Crippen molar-refractivity contribution < 1.29 is 19.2 Å². The lowest BCUT2D eigenvalue weighted by molar-refractivity contribution is -0.385. The number of aryl methyl sites for hydroxylation is 1. The van der Waals surface area contributed by atoms with Crippen LogP contribution in [0.4, 0.5) is 5.69 Å². The maximum atomic E-state index is 13.2. The van der Waals surface area contributed by atoms with Gasteiger partial charge in [-0.3, -0.25) is 14.9 Å². The van der Waals surface area contributed by atoms with Crippen LogP contribution >= 0.6 is 0 Å². The van der Waals surface area contributed by atoms with E-state index in [4.69, 9.17) is 9.47 Å². The molecule has 0 saturated carbocycles. The van der Waals surface area contributed by atoms with Crippen molar-refractivity contribution in [1.29, 1.82) is 0 Å². The van der Waals surface area contributed by atoms with Crippen LogP contribution in [0.2, 0.25) is 0 Å². The van der Waals surface area contributed by atoms with Crippen molar-refractivity contribution in [3.8, 4) is 11.5 Å². The molecule has 7 nitrogen and oxygen atoms in total. The van der Waals surface area contributed by atoms with Crippen molar-refractivity contribution in [3.63, 3.8) is 0 Å². The summed E-state index contributed by atoms with van der Waals surface area (Å²) in [5.74, 6) is -0.113. The Morgan fingerprint density at radius 1 is 1.03 bits per heavy atom. The number of ether oxygens (including phenoxy) is 2. The number of hydrogen-bond donors (Lipinski definition) is 1. The monoisotopic (exact) mass is 420 g/mol. The van der Waals surface area contributed by atoms with Gasteiger partial charge in [0.25, 0.3) is 11.6 Å². The van der Waals surface area contributed by atoms with E-state index in [1.807, 2.05) is 61.5 Å². The first-order chi connectivity index (χ1) is 14.9. The molecule has 3 aromatic carbocycles. The van der Waals surface area contributed by atoms with E-state index in [-0.39, 0.29) is 22.7 Å². The molecule has 1 unspecified atom stereocenters. The molecule has 0 aliphatic rings. The quantitative estimate of drug-likeness (QED) is 0.416. The van der Waals surface area contributed by atoms with Crippen LogP contribution < -0.4 is 14.8 Å². The summed E-state index contributed by atoms with van der Waals surface area (Å²) < 4.78 is 10.7. The van der Waals surface area contributed by atoms with Crippen molar-refractivity contribution >= 4 is 11.6 Å². The number of nitrogens with one attached hydrogen (secondary N) is 1. The minimum absolute atomic E-state index is 0.0988. The average Bonchev–Trinajstić information content (AvgIpc) is 2.78. The molecule has 1 atom stereocenters. The van der Waals surface area contributed by atoms with Gasteiger partial charge in [-0.2, -0.15) is 0 Å². The summed E-state index contributed by atoms with van der Waals surface area (Å²) in [5, 5.41) is 14.6. The van der Waals surface area contributed by atoms with E-state index in [0.29, 0.717) is 6.61 Å². The Labute approximate surface area is 180 Å². The maximum Gasteiger partial charge on any atom is 0.286 e. The zero-order chi connectivity index (χ0) is 22.4. The Balaban J connectivity index is 2.03. The van der Waals surface area contributed by atoms with E-state index in [1.165, 1.54) is 19.2 Å². The number of benzene rings is 3. The number of carbonyl (C=O) groups excluding carboxylic acids is 1. The first-order valence-electron chi connectivity index (χ1n) is 9.86. The summed E-state index contributed by atoms with van der Waals surface area (Å²) in [4.78, 5) is 24.3. The fraction of sp³-hybridized carbons (Fsp3) is 0.208. The zero-order valence-electron chi connectivity index (χ0n) is 17.6. The number of methoxy groups -OCH3 is 1. The van der Waals surface area contributed by atoms with Crippen molar-refractivity contribution in [2.45, 2.75) is 19.9 Å². The van der Waals surface area contributed by atoms with Gasteiger partial charge in [0.2, 0.25) is 0 Å². The molecular weight excluding hydrogens is 396 g/mol. The third-order valence-corrected chi connectivity index (χ3v) is 4.84. The van der Waals surface area contributed by atoms with Gasteiger partial charge in [0.15, 0.2) is 11.5 Å². The van der Waals surface area contributed by atoms with Crippen molar-refractivity contribution in [1.82, 2.24) is 5.32 Å². The van der Waals surface area contributed by atoms with E-state index >= 15 is 0 Å². The molecule has 0 heterocycles. The molecule has 0 spiro atoms. The highest BCUT2D eigenvalue weighted by molar-refractivity contribution is 5.99. The Hall–Kier alpha value is -3.87. The largest absolute Gasteiger partial charge is 0.493 e. The van der Waals surface area contributed by atoms with Crippen LogP contribution in [-0.4, -0.2) is 24.5 Å². The molecule has 1 N–H and O–H groups in total. The van der Waals surface area contributed by atoms with Crippen LogP contribution in [0.25, 0.3) is 0 Å². The highest BCUT2D eigenvalue weighted by Crippen LogP contribution is 2.35. The molecule has 0 bridgehead atoms. The number of nitro benzene ring substituents is 1. The summed E-state index contributed by atoms with van der Waals surface area (Å²) >= 11 is 0. The third-order valence-electron chi connectivity index (χ3n) is 4.84. The van der Waals surface area contributed by atoms with E-state index in [1.54, 1.807) is 6.92 Å². The normalized spacial score (nSPS) is 11.5. The molecule has 160 valence electrons. The fourth-order valence-corrected chi connectivity index (χ4v) is 3.28. The second-order valence-electron chi connectivity index (χ2n) is 6.94. The predicted molar refractivity (Wildman–Crippen MR) is 118 cm³/mol. The van der Waals surface area contributed by atoms with Crippen molar-refractivity contribution in [2.75, 3.05) is 13.7 Å². The molecule has 0 radical (unpaired) electrons. The maximum absolute atomic E-state index is 13.2. The SMILES string of the molecule is CCOc1cc([N+](=O)[O-])c(C(=O)NC(c2ccccc2)c2ccc(C)cc2)cc1OC. The third kappa shape index (κ3) is 5.01. The lowest BCUT2D eigenvalue weighted by Crippen LogP contribution is -2.30. The van der Waals surface area contributed by atoms with Gasteiger partial charge in [0, 0.05) is 6.07 Å². The predicted octanol–water partition coefficient (Wildman–Crippen LogP) is 4.83. The van der Waals surface area contributed by atoms with Gasteiger partial charge >= 0.3 is 0 Å². The Kier molecular flexibility index (Phi) is 6.87. The van der Waals surface area contributed by atoms with Gasteiger partial charge in [-0.05, 0) is 25.0 Å². The van der Waals surface area contributed by atoms with E-state index in [9.17, 15) is 14.9 Å². The molecule has 0 saturated heterocycles. The molecule has 7 heteroatoms. The lowest BCUT2D eigenvalue weighted by Gasteiger charge is -2.20. The highest BCUT2D eigenvalue weighted by Gasteiger charge is 2.27. The van der Waals surface area contributed by atoms with Crippen LogP contribution in [0, 0.1) is 17.0 Å². The van der Waals surface area contributed by atoms with Gasteiger partial charge in [0.05, 0.1) is 30.7 Å². The second kappa shape index (κ2) is 9.75. The van der Waals surface area contributed by atoms with Gasteiger partial charge in [-0.25, -0.2) is 0 Å². The smallest absolute Gasteiger partial charge is 0.286 e. The summed E-state index contributed by atoms with van der Waals surface area (Å²) in [7, 11) is 1.42. The Morgan fingerprint density at radius 2 is 1.68 bits per heavy atom. The van der Waals surface area contributed by atoms with Crippen molar-refractivity contribution in [3.05, 3.63) is 99.1 Å². The van der Waals surface area contributed by atoms with Gasteiger partial charge in [0.1, 0.15) is 5.56 Å². The molecule has 0 aliphatic heterocycles. The molecule has 3 aromatic rings. The fourth-order valence-electron chi connectivity index (χ4n) is 3.28. The van der Waals surface area contributed by atoms with Gasteiger partial charge in [-0.15, -0.1) is 0 Å². The van der Waals surface area contributed by atoms with Crippen LogP contribution in [0.5, 0.6) is 11.5 Å². The van der Waals surface area contributed by atoms with Crippen molar-refractivity contribution in [2.24, 2.45) is 0 Å². The molecule has 0 aromatic heterocycles. The molecule has 1 amide bonds. The van der Waals surface area contributed by atoms with E-state index in [0.717, 1.165) is 16.7 Å². The van der Waals surface area contributed by atoms with Crippen LogP contribution in [0.15, 0.2) is 66.7 Å². The minimum atomic E-state index is -0.597. The van der Waals surface area contributed by atoms with Crippen LogP contribution in [0.1, 0.15) is 40.0 Å². The topological polar surface area (TPSA) is 90.7 Å². The standard InChI is InChI=1S/C24H24N2O5/c1-4-31-22-15-20(26(28)29)19(14-21(22)30-3)24(27)25-23(17-8-6-5-7-9-17)18-12-10-16(2)11-13-18/h5-15,23H,4H2,1-3H3,(H,25,27). The van der Waals surface area contributed by atoms with Gasteiger partial charge in [-0.1, -0.05) is 60.2 Å². The van der Waals surface area contributed by atoms with Crippen LogP contribution in [0.3, 0.4) is 0 Å². The summed E-state index contributed by atoms with van der Waals surface area (Å²) in [6.07, 6.45) is 0. The van der Waals surface area contributed by atoms with Gasteiger partial charge < -0.3 is 14.8 Å². The Bertz CT molecular complexity index is 1070. The lowest BCUT2D eigenvalue weighted by atomic mass is 9.97. The zero-order valence-corrected chi connectivity index (χ0v) is 17.6. The molecular formula is C24H24N2O5. The number of carbonyl (C=O) groups is 1. The molecule has 3 rings (SSSR count). The summed E-state index contributed by atoms with van der Waals surface area (Å²) in [6, 6.07) is 19.3. The first kappa shape index (κ1) is 21.8. The van der Waals surface area contributed by atoms with Crippen LogP contribution in [-0.2, 0) is 0 Å².